The van der Waals surface area contributed by atoms with E-state index in [1.807, 2.05) is 6.08 Å². The molecular weight excluding hydrogens is 192 g/mol. The summed E-state index contributed by atoms with van der Waals surface area (Å²) < 4.78 is 0. The second-order valence-corrected chi connectivity index (χ2v) is 5.57. The Balaban J connectivity index is 3.32. The largest absolute Gasteiger partial charge is 0.0985 e. The Bertz CT molecular complexity index is 378. The van der Waals surface area contributed by atoms with Gasteiger partial charge in [0.1, 0.15) is 0 Å². The molecule has 0 heterocycles. The second kappa shape index (κ2) is 4.86. The third kappa shape index (κ3) is 2.75. The fraction of sp³-hybridized carbons (Fsp3) is 0.500. The highest BCUT2D eigenvalue weighted by molar-refractivity contribution is 5.56. The Morgan fingerprint density at radius 1 is 1.25 bits per heavy atom. The Labute approximate surface area is 100 Å². The second-order valence-electron chi connectivity index (χ2n) is 5.57. The van der Waals surface area contributed by atoms with Crippen molar-refractivity contribution in [3.63, 3.8) is 0 Å². The van der Waals surface area contributed by atoms with Crippen LogP contribution in [0.3, 0.4) is 0 Å². The molecule has 0 spiro atoms. The van der Waals surface area contributed by atoms with E-state index in [1.54, 1.807) is 0 Å². The smallest absolute Gasteiger partial charge is 0.0132 e. The number of aryl methyl sites for hydroxylation is 1. The average molecular weight is 216 g/mol. The lowest BCUT2D eigenvalue weighted by Gasteiger charge is -2.22. The van der Waals surface area contributed by atoms with Crippen LogP contribution in [0.25, 0.3) is 6.08 Å². The third-order valence-electron chi connectivity index (χ3n) is 3.09. The zero-order chi connectivity index (χ0) is 12.3. The number of benzene rings is 1. The van der Waals surface area contributed by atoms with Gasteiger partial charge in [-0.05, 0) is 41.0 Å². The minimum Gasteiger partial charge on any atom is -0.0985 e. The summed E-state index contributed by atoms with van der Waals surface area (Å²) >= 11 is 0. The average Bonchev–Trinajstić information content (AvgIpc) is 2.19. The molecule has 1 aromatic rings. The molecule has 1 rings (SSSR count). The van der Waals surface area contributed by atoms with Crippen molar-refractivity contribution in [3.8, 4) is 0 Å². The summed E-state index contributed by atoms with van der Waals surface area (Å²) in [6, 6.07) is 4.63. The molecule has 0 unspecified atom stereocenters. The van der Waals surface area contributed by atoms with Crippen LogP contribution >= 0.6 is 0 Å². The summed E-state index contributed by atoms with van der Waals surface area (Å²) in [6.45, 7) is 15.2. The Kier molecular flexibility index (Phi) is 3.96. The maximum atomic E-state index is 3.94. The van der Waals surface area contributed by atoms with Crippen LogP contribution in [0.2, 0.25) is 0 Å². The topological polar surface area (TPSA) is 0 Å². The van der Waals surface area contributed by atoms with E-state index in [-0.39, 0.29) is 5.41 Å². The van der Waals surface area contributed by atoms with Gasteiger partial charge in [0.15, 0.2) is 0 Å². The van der Waals surface area contributed by atoms with E-state index in [2.05, 4.69) is 53.3 Å². The lowest BCUT2D eigenvalue weighted by Crippen LogP contribution is -2.12. The Morgan fingerprint density at radius 2 is 1.88 bits per heavy atom. The van der Waals surface area contributed by atoms with E-state index in [9.17, 15) is 0 Å². The molecule has 0 aliphatic carbocycles. The fourth-order valence-electron chi connectivity index (χ4n) is 2.05. The zero-order valence-corrected chi connectivity index (χ0v) is 11.4. The number of hydrogen-bond donors (Lipinski definition) is 0. The van der Waals surface area contributed by atoms with Crippen LogP contribution in [0.4, 0.5) is 0 Å². The van der Waals surface area contributed by atoms with Gasteiger partial charge in [-0.15, -0.1) is 0 Å². The first-order valence-corrected chi connectivity index (χ1v) is 6.16. The minimum absolute atomic E-state index is 0.216. The van der Waals surface area contributed by atoms with Gasteiger partial charge in [-0.3, -0.25) is 0 Å². The van der Waals surface area contributed by atoms with Crippen LogP contribution in [0.5, 0.6) is 0 Å². The first kappa shape index (κ1) is 13.0. The minimum atomic E-state index is 0.216. The van der Waals surface area contributed by atoms with Crippen molar-refractivity contribution in [1.29, 1.82) is 0 Å². The first-order chi connectivity index (χ1) is 7.40. The van der Waals surface area contributed by atoms with Crippen LogP contribution in [0.1, 0.15) is 56.4 Å². The third-order valence-corrected chi connectivity index (χ3v) is 3.09. The van der Waals surface area contributed by atoms with E-state index >= 15 is 0 Å². The van der Waals surface area contributed by atoms with E-state index in [0.29, 0.717) is 0 Å². The molecule has 0 N–H and O–H groups in total. The van der Waals surface area contributed by atoms with E-state index in [1.165, 1.54) is 28.7 Å². The lowest BCUT2D eigenvalue weighted by atomic mass is 9.83. The van der Waals surface area contributed by atoms with Crippen LogP contribution < -0.4 is 0 Å². The summed E-state index contributed by atoms with van der Waals surface area (Å²) in [5, 5.41) is 0. The SMILES string of the molecule is C=Cc1cc(C(C)(C)C)cc(C)c1CCC. The van der Waals surface area contributed by atoms with Crippen LogP contribution in [-0.4, -0.2) is 0 Å². The molecule has 1 aromatic carbocycles. The van der Waals surface area contributed by atoms with Gasteiger partial charge in [0, 0.05) is 0 Å². The van der Waals surface area contributed by atoms with Gasteiger partial charge in [-0.25, -0.2) is 0 Å². The molecule has 0 fully saturated rings. The van der Waals surface area contributed by atoms with E-state index in [4.69, 9.17) is 0 Å². The van der Waals surface area contributed by atoms with Gasteiger partial charge >= 0.3 is 0 Å². The van der Waals surface area contributed by atoms with Gasteiger partial charge in [-0.2, -0.15) is 0 Å². The zero-order valence-electron chi connectivity index (χ0n) is 11.4. The summed E-state index contributed by atoms with van der Waals surface area (Å²) in [7, 11) is 0. The predicted octanol–water partition coefficient (Wildman–Crippen LogP) is 4.89. The molecule has 0 heteroatoms. The number of hydrogen-bond acceptors (Lipinski definition) is 0. The monoisotopic (exact) mass is 216 g/mol. The van der Waals surface area contributed by atoms with Gasteiger partial charge in [0.25, 0.3) is 0 Å². The van der Waals surface area contributed by atoms with Crippen molar-refractivity contribution >= 4 is 6.08 Å². The molecule has 0 aliphatic rings. The predicted molar refractivity (Wildman–Crippen MR) is 74.0 cm³/mol. The summed E-state index contributed by atoms with van der Waals surface area (Å²) in [5.74, 6) is 0. The van der Waals surface area contributed by atoms with Gasteiger partial charge < -0.3 is 0 Å². The summed E-state index contributed by atoms with van der Waals surface area (Å²) in [5.41, 5.74) is 5.80. The molecule has 0 nitrogen and oxygen atoms in total. The van der Waals surface area contributed by atoms with E-state index < -0.39 is 0 Å². The highest BCUT2D eigenvalue weighted by Gasteiger charge is 2.16. The molecule has 0 bridgehead atoms. The lowest BCUT2D eigenvalue weighted by molar-refractivity contribution is 0.589. The van der Waals surface area contributed by atoms with Crippen molar-refractivity contribution in [2.24, 2.45) is 0 Å². The highest BCUT2D eigenvalue weighted by atomic mass is 14.2. The molecule has 0 aliphatic heterocycles. The maximum absolute atomic E-state index is 3.94. The van der Waals surface area contributed by atoms with Crippen molar-refractivity contribution in [2.75, 3.05) is 0 Å². The number of rotatable bonds is 3. The Hall–Kier alpha value is -1.04. The van der Waals surface area contributed by atoms with Crippen LogP contribution in [-0.2, 0) is 11.8 Å². The van der Waals surface area contributed by atoms with E-state index in [0.717, 1.165) is 6.42 Å². The molecule has 0 atom stereocenters. The molecule has 0 saturated heterocycles. The fourth-order valence-corrected chi connectivity index (χ4v) is 2.05. The van der Waals surface area contributed by atoms with Gasteiger partial charge in [0.2, 0.25) is 0 Å². The molecular formula is C16H24. The standard InChI is InChI=1S/C16H24/c1-7-9-15-12(3)10-14(16(4,5)6)11-13(15)8-2/h8,10-11H,2,7,9H2,1,3-6H3. The molecule has 88 valence electrons. The van der Waals surface area contributed by atoms with Crippen molar-refractivity contribution < 1.29 is 0 Å². The van der Waals surface area contributed by atoms with Gasteiger partial charge in [-0.1, -0.05) is 58.9 Å². The highest BCUT2D eigenvalue weighted by Crippen LogP contribution is 2.28. The molecule has 0 saturated carbocycles. The summed E-state index contributed by atoms with van der Waals surface area (Å²) in [4.78, 5) is 0. The van der Waals surface area contributed by atoms with Gasteiger partial charge in [0.05, 0.1) is 0 Å². The van der Waals surface area contributed by atoms with Crippen LogP contribution in [0.15, 0.2) is 18.7 Å². The molecule has 0 aromatic heterocycles. The van der Waals surface area contributed by atoms with Crippen LogP contribution in [0, 0.1) is 6.92 Å². The van der Waals surface area contributed by atoms with Crippen molar-refractivity contribution in [3.05, 3.63) is 41.0 Å². The molecule has 16 heavy (non-hydrogen) atoms. The van der Waals surface area contributed by atoms with Crippen molar-refractivity contribution in [2.45, 2.75) is 52.9 Å². The summed E-state index contributed by atoms with van der Waals surface area (Å²) in [6.07, 6.45) is 4.33. The quantitative estimate of drug-likeness (QED) is 0.675. The normalized spacial score (nSPS) is 11.6. The maximum Gasteiger partial charge on any atom is -0.0132 e. The molecule has 0 amide bonds. The first-order valence-electron chi connectivity index (χ1n) is 6.16. The van der Waals surface area contributed by atoms with Crippen molar-refractivity contribution in [1.82, 2.24) is 0 Å². The Morgan fingerprint density at radius 3 is 2.31 bits per heavy atom. The molecule has 0 radical (unpaired) electrons.